The predicted octanol–water partition coefficient (Wildman–Crippen LogP) is 5.33. The van der Waals surface area contributed by atoms with Crippen molar-refractivity contribution in [3.63, 3.8) is 0 Å². The second-order valence-corrected chi connectivity index (χ2v) is 9.05. The second kappa shape index (κ2) is 8.14. The Morgan fingerprint density at radius 3 is 1.88 bits per heavy atom. The van der Waals surface area contributed by atoms with Gasteiger partial charge in [-0.15, -0.1) is 0 Å². The molecule has 1 aliphatic heterocycles. The molecule has 2 fully saturated rings. The number of hydrogen-bond donors (Lipinski definition) is 1. The van der Waals surface area contributed by atoms with Crippen LogP contribution in [0.25, 0.3) is 0 Å². The molecule has 2 aromatic carbocycles. The van der Waals surface area contributed by atoms with Crippen molar-refractivity contribution < 1.29 is 40.3 Å². The number of amides is 1. The Morgan fingerprint density at radius 2 is 1.44 bits per heavy atom. The third kappa shape index (κ3) is 3.89. The van der Waals surface area contributed by atoms with Crippen molar-refractivity contribution in [2.45, 2.75) is 31.5 Å². The molecule has 1 aliphatic carbocycles. The van der Waals surface area contributed by atoms with E-state index in [0.717, 1.165) is 11.3 Å². The first kappa shape index (κ1) is 24.3. The molecule has 2 atom stereocenters. The number of halogens is 7. The third-order valence-corrected chi connectivity index (χ3v) is 6.83. The van der Waals surface area contributed by atoms with Gasteiger partial charge in [-0.05, 0) is 49.3 Å². The summed E-state index contributed by atoms with van der Waals surface area (Å²) in [5.41, 5.74) is -4.52. The van der Waals surface area contributed by atoms with E-state index in [4.69, 9.17) is 4.74 Å². The molecular weight excluding hydrogens is 469 g/mol. The Hall–Kier alpha value is -2.82. The summed E-state index contributed by atoms with van der Waals surface area (Å²) in [6.07, 6.45) is -5.66. The number of rotatable bonds is 5. The van der Waals surface area contributed by atoms with E-state index in [1.54, 1.807) is 17.3 Å². The molecule has 4 nitrogen and oxygen atoms in total. The molecule has 2 unspecified atom stereocenters. The SMILES string of the molecule is COc1ccc(C2C3CN(C(C)(C)C(=O)Nc4c(F)c(F)c(C(F)(F)F)c(F)c4F)CC32)cc1. The van der Waals surface area contributed by atoms with Crippen molar-refractivity contribution >= 4 is 11.6 Å². The zero-order valence-corrected chi connectivity index (χ0v) is 18.4. The van der Waals surface area contributed by atoms with E-state index < -0.39 is 52.1 Å². The minimum atomic E-state index is -5.66. The zero-order chi connectivity index (χ0) is 25.2. The van der Waals surface area contributed by atoms with Crippen LogP contribution in [-0.2, 0) is 11.0 Å². The fourth-order valence-corrected chi connectivity index (χ4v) is 4.70. The molecule has 2 aliphatic rings. The molecule has 1 heterocycles. The van der Waals surface area contributed by atoms with Crippen LogP contribution in [0.15, 0.2) is 24.3 Å². The van der Waals surface area contributed by atoms with Crippen molar-refractivity contribution in [3.8, 4) is 5.75 Å². The van der Waals surface area contributed by atoms with E-state index >= 15 is 0 Å². The number of methoxy groups -OCH3 is 1. The number of carbonyl (C=O) groups excluding carboxylic acids is 1. The minimum absolute atomic E-state index is 0.245. The summed E-state index contributed by atoms with van der Waals surface area (Å²) in [5.74, 6) is -9.39. The van der Waals surface area contributed by atoms with E-state index in [1.165, 1.54) is 13.8 Å². The van der Waals surface area contributed by atoms with Crippen LogP contribution in [0.2, 0.25) is 0 Å². The molecule has 0 radical (unpaired) electrons. The van der Waals surface area contributed by atoms with Gasteiger partial charge in [-0.1, -0.05) is 12.1 Å². The smallest absolute Gasteiger partial charge is 0.422 e. The van der Waals surface area contributed by atoms with Crippen LogP contribution in [0.5, 0.6) is 5.75 Å². The molecule has 4 rings (SSSR count). The van der Waals surface area contributed by atoms with Gasteiger partial charge in [0.05, 0.1) is 12.6 Å². The highest BCUT2D eigenvalue weighted by molar-refractivity contribution is 5.97. The molecule has 1 amide bonds. The van der Waals surface area contributed by atoms with E-state index in [2.05, 4.69) is 0 Å². The maximum atomic E-state index is 14.2. The normalized spacial score (nSPS) is 22.5. The van der Waals surface area contributed by atoms with Crippen molar-refractivity contribution in [1.29, 1.82) is 0 Å². The summed E-state index contributed by atoms with van der Waals surface area (Å²) in [4.78, 5) is 14.6. The maximum Gasteiger partial charge on any atom is 0.422 e. The Bertz CT molecular complexity index is 1090. The number of nitrogens with zero attached hydrogens (tertiary/aromatic N) is 1. The average Bonchev–Trinajstić information content (AvgIpc) is 3.26. The van der Waals surface area contributed by atoms with Gasteiger partial charge in [0.2, 0.25) is 5.91 Å². The Morgan fingerprint density at radius 1 is 0.941 bits per heavy atom. The molecule has 1 saturated carbocycles. The van der Waals surface area contributed by atoms with E-state index in [9.17, 15) is 35.5 Å². The van der Waals surface area contributed by atoms with Gasteiger partial charge < -0.3 is 10.1 Å². The molecule has 0 bridgehead atoms. The van der Waals surface area contributed by atoms with Crippen LogP contribution in [-0.4, -0.2) is 36.5 Å². The summed E-state index contributed by atoms with van der Waals surface area (Å²) in [5, 5.41) is 1.75. The summed E-state index contributed by atoms with van der Waals surface area (Å²) >= 11 is 0. The number of nitrogens with one attached hydrogen (secondary N) is 1. The molecule has 1 saturated heterocycles. The molecule has 11 heteroatoms. The zero-order valence-electron chi connectivity index (χ0n) is 18.4. The molecule has 34 heavy (non-hydrogen) atoms. The van der Waals surface area contributed by atoms with Gasteiger partial charge in [-0.2, -0.15) is 13.2 Å². The number of anilines is 1. The lowest BCUT2D eigenvalue weighted by atomic mass is 9.99. The van der Waals surface area contributed by atoms with E-state index in [0.29, 0.717) is 13.1 Å². The van der Waals surface area contributed by atoms with Crippen molar-refractivity contribution in [1.82, 2.24) is 4.90 Å². The standard InChI is InChI=1S/C23H21F7N2O2/c1-22(2,32-8-12-13(9-32)14(12)10-4-6-11(34-3)7-5-10)21(33)31-20-18(26)16(24)15(23(28,29)30)17(25)19(20)27/h4-7,12-14H,8-9H2,1-3H3,(H,31,33). The minimum Gasteiger partial charge on any atom is -0.497 e. The second-order valence-electron chi connectivity index (χ2n) is 9.05. The molecule has 2 aromatic rings. The fourth-order valence-electron chi connectivity index (χ4n) is 4.70. The van der Waals surface area contributed by atoms with Gasteiger partial charge >= 0.3 is 6.18 Å². The van der Waals surface area contributed by atoms with Gasteiger partial charge in [-0.3, -0.25) is 9.69 Å². The van der Waals surface area contributed by atoms with Gasteiger partial charge in [0.15, 0.2) is 23.3 Å². The Balaban J connectivity index is 1.48. The summed E-state index contributed by atoms with van der Waals surface area (Å²) in [6.45, 7) is 3.90. The lowest BCUT2D eigenvalue weighted by Crippen LogP contribution is -2.52. The molecule has 0 spiro atoms. The molecule has 1 N–H and O–H groups in total. The van der Waals surface area contributed by atoms with Gasteiger partial charge in [0, 0.05) is 13.1 Å². The predicted molar refractivity (Wildman–Crippen MR) is 108 cm³/mol. The summed E-state index contributed by atoms with van der Waals surface area (Å²) in [7, 11) is 1.57. The highest BCUT2D eigenvalue weighted by atomic mass is 19.4. The lowest BCUT2D eigenvalue weighted by molar-refractivity contribution is -0.143. The van der Waals surface area contributed by atoms with Gasteiger partial charge in [-0.25, -0.2) is 17.6 Å². The van der Waals surface area contributed by atoms with Crippen LogP contribution in [0.1, 0.15) is 30.9 Å². The first-order valence-corrected chi connectivity index (χ1v) is 10.4. The number of benzene rings is 2. The first-order valence-electron chi connectivity index (χ1n) is 10.4. The number of carbonyl (C=O) groups is 1. The number of piperidine rings is 1. The van der Waals surface area contributed by atoms with E-state index in [-0.39, 0.29) is 17.8 Å². The lowest BCUT2D eigenvalue weighted by Gasteiger charge is -2.35. The van der Waals surface area contributed by atoms with Crippen LogP contribution in [0.3, 0.4) is 0 Å². The third-order valence-electron chi connectivity index (χ3n) is 6.83. The summed E-state index contributed by atoms with van der Waals surface area (Å²) in [6, 6.07) is 7.63. The number of ether oxygens (including phenoxy) is 1. The van der Waals surface area contributed by atoms with Crippen molar-refractivity contribution in [2.75, 3.05) is 25.5 Å². The van der Waals surface area contributed by atoms with Crippen molar-refractivity contribution in [2.24, 2.45) is 11.8 Å². The Labute approximate surface area is 190 Å². The number of hydrogen-bond acceptors (Lipinski definition) is 3. The highest BCUT2D eigenvalue weighted by Gasteiger charge is 2.59. The van der Waals surface area contributed by atoms with Crippen molar-refractivity contribution in [3.05, 3.63) is 58.7 Å². The number of alkyl halides is 3. The van der Waals surface area contributed by atoms with Crippen LogP contribution in [0, 0.1) is 35.1 Å². The average molecular weight is 490 g/mol. The monoisotopic (exact) mass is 490 g/mol. The van der Waals surface area contributed by atoms with Crippen LogP contribution < -0.4 is 10.1 Å². The fraction of sp³-hybridized carbons (Fsp3) is 0.435. The summed E-state index contributed by atoms with van der Waals surface area (Å²) < 4.78 is 99.7. The molecule has 0 aromatic heterocycles. The Kier molecular flexibility index (Phi) is 5.82. The van der Waals surface area contributed by atoms with E-state index in [1.807, 2.05) is 24.3 Å². The topological polar surface area (TPSA) is 41.6 Å². The molecule has 184 valence electrons. The van der Waals surface area contributed by atoms with Gasteiger partial charge in [0.25, 0.3) is 0 Å². The largest absolute Gasteiger partial charge is 0.497 e. The number of fused-ring (bicyclic) bond motifs is 1. The quantitative estimate of drug-likeness (QED) is 0.455. The molecular formula is C23H21F7N2O2. The van der Waals surface area contributed by atoms with Crippen LogP contribution >= 0.6 is 0 Å². The number of likely N-dealkylation sites (tertiary alicyclic amines) is 1. The first-order chi connectivity index (χ1) is 15.8. The van der Waals surface area contributed by atoms with Crippen LogP contribution in [0.4, 0.5) is 36.4 Å². The highest BCUT2D eigenvalue weighted by Crippen LogP contribution is 2.59. The maximum absolute atomic E-state index is 14.2. The van der Waals surface area contributed by atoms with Gasteiger partial charge in [0.1, 0.15) is 17.0 Å².